The second kappa shape index (κ2) is 8.97. The molecule has 2 aromatic carbocycles. The Balaban J connectivity index is 1.20. The number of nitrogens with two attached hydrogens (primary N) is 1. The third-order valence-corrected chi connectivity index (χ3v) is 5.22. The molecule has 0 saturated carbocycles. The average Bonchev–Trinajstić information content (AvgIpc) is 2.74. The summed E-state index contributed by atoms with van der Waals surface area (Å²) >= 11 is 0. The normalized spacial score (nSPS) is 20.7. The highest BCUT2D eigenvalue weighted by molar-refractivity contribution is 5.78. The zero-order valence-corrected chi connectivity index (χ0v) is 16.1. The number of piperidine rings is 1. The minimum atomic E-state index is -0.108. The van der Waals surface area contributed by atoms with Gasteiger partial charge in [-0.2, -0.15) is 0 Å². The molecular formula is C22H28N4O2. The van der Waals surface area contributed by atoms with Crippen molar-refractivity contribution < 1.29 is 9.47 Å². The predicted molar refractivity (Wildman–Crippen MR) is 111 cm³/mol. The molecule has 28 heavy (non-hydrogen) atoms. The maximum absolute atomic E-state index is 6.10. The molecule has 2 heterocycles. The summed E-state index contributed by atoms with van der Waals surface area (Å²) in [6.07, 6.45) is 2.03. The molecule has 1 saturated heterocycles. The van der Waals surface area contributed by atoms with Crippen molar-refractivity contribution in [3.05, 3.63) is 60.2 Å². The lowest BCUT2D eigenvalue weighted by atomic mass is 10.0. The van der Waals surface area contributed by atoms with Gasteiger partial charge >= 0.3 is 0 Å². The molecule has 0 aliphatic carbocycles. The van der Waals surface area contributed by atoms with Crippen molar-refractivity contribution in [2.45, 2.75) is 31.5 Å². The molecule has 0 bridgehead atoms. The van der Waals surface area contributed by atoms with E-state index in [1.807, 2.05) is 24.3 Å². The number of rotatable bonds is 5. The van der Waals surface area contributed by atoms with E-state index in [9.17, 15) is 0 Å². The molecule has 0 spiro atoms. The predicted octanol–water partition coefficient (Wildman–Crippen LogP) is 2.40. The van der Waals surface area contributed by atoms with E-state index in [0.717, 1.165) is 44.0 Å². The largest absolute Gasteiger partial charge is 0.486 e. The quantitative estimate of drug-likeness (QED) is 0.616. The van der Waals surface area contributed by atoms with Gasteiger partial charge in [-0.3, -0.25) is 4.90 Å². The number of hydrogen-bond donors (Lipinski definition) is 2. The van der Waals surface area contributed by atoms with E-state index < -0.39 is 0 Å². The van der Waals surface area contributed by atoms with Gasteiger partial charge in [0.25, 0.3) is 0 Å². The Morgan fingerprint density at radius 1 is 1.04 bits per heavy atom. The summed E-state index contributed by atoms with van der Waals surface area (Å²) in [5, 5.41) is 3.37. The first-order chi connectivity index (χ1) is 13.8. The Bertz CT molecular complexity index is 788. The fraction of sp³-hybridized carbons (Fsp3) is 0.409. The molecule has 148 valence electrons. The topological polar surface area (TPSA) is 72.1 Å². The standard InChI is InChI=1S/C22H28N4O2/c23-22(24-14-19-16-27-20-8-4-5-9-21(20)28-19)25-18-10-12-26(13-11-18)15-17-6-2-1-3-7-17/h1-9,18-19H,10-16H2,(H3,23,24,25). The van der Waals surface area contributed by atoms with Crippen molar-refractivity contribution >= 4 is 5.96 Å². The Hall–Kier alpha value is -2.73. The number of likely N-dealkylation sites (tertiary alicyclic amines) is 1. The lowest BCUT2D eigenvalue weighted by Crippen LogP contribution is -2.47. The zero-order chi connectivity index (χ0) is 19.2. The number of aliphatic imine (C=N–C) groups is 1. The Morgan fingerprint density at radius 2 is 1.75 bits per heavy atom. The van der Waals surface area contributed by atoms with Crippen molar-refractivity contribution in [3.63, 3.8) is 0 Å². The van der Waals surface area contributed by atoms with Crippen LogP contribution in [0.25, 0.3) is 0 Å². The first-order valence-corrected chi connectivity index (χ1v) is 9.97. The summed E-state index contributed by atoms with van der Waals surface area (Å²) in [6, 6.07) is 18.7. The van der Waals surface area contributed by atoms with Gasteiger partial charge in [-0.15, -0.1) is 0 Å². The number of guanidine groups is 1. The monoisotopic (exact) mass is 380 g/mol. The highest BCUT2D eigenvalue weighted by atomic mass is 16.6. The summed E-state index contributed by atoms with van der Waals surface area (Å²) in [5.74, 6) is 2.05. The molecular weight excluding hydrogens is 352 g/mol. The van der Waals surface area contributed by atoms with Crippen LogP contribution in [0.5, 0.6) is 11.5 Å². The van der Waals surface area contributed by atoms with Crippen molar-refractivity contribution in [2.24, 2.45) is 10.7 Å². The number of benzene rings is 2. The molecule has 4 rings (SSSR count). The van der Waals surface area contributed by atoms with Crippen molar-refractivity contribution in [1.82, 2.24) is 10.2 Å². The van der Waals surface area contributed by atoms with Gasteiger partial charge in [0, 0.05) is 25.7 Å². The Kier molecular flexibility index (Phi) is 5.97. The number of nitrogens with zero attached hydrogens (tertiary/aromatic N) is 2. The fourth-order valence-electron chi connectivity index (χ4n) is 3.69. The lowest BCUT2D eigenvalue weighted by molar-refractivity contribution is 0.0971. The number of fused-ring (bicyclic) bond motifs is 1. The summed E-state index contributed by atoms with van der Waals surface area (Å²) in [5.41, 5.74) is 7.47. The van der Waals surface area contributed by atoms with E-state index in [4.69, 9.17) is 15.2 Å². The molecule has 6 nitrogen and oxygen atoms in total. The summed E-state index contributed by atoms with van der Waals surface area (Å²) in [6.45, 7) is 4.12. The zero-order valence-electron chi connectivity index (χ0n) is 16.1. The molecule has 1 atom stereocenters. The van der Waals surface area contributed by atoms with Crippen LogP contribution in [0, 0.1) is 0 Å². The molecule has 1 fully saturated rings. The van der Waals surface area contributed by atoms with Gasteiger partial charge in [0.15, 0.2) is 23.6 Å². The van der Waals surface area contributed by atoms with Gasteiger partial charge in [-0.05, 0) is 30.5 Å². The van der Waals surface area contributed by atoms with Gasteiger partial charge in [-0.1, -0.05) is 42.5 Å². The van der Waals surface area contributed by atoms with E-state index in [1.165, 1.54) is 5.56 Å². The summed E-state index contributed by atoms with van der Waals surface area (Å²) in [7, 11) is 0. The van der Waals surface area contributed by atoms with Crippen LogP contribution < -0.4 is 20.5 Å². The maximum atomic E-state index is 6.10. The van der Waals surface area contributed by atoms with Gasteiger partial charge in [0.05, 0.1) is 6.54 Å². The third kappa shape index (κ3) is 4.95. The second-order valence-electron chi connectivity index (χ2n) is 7.40. The van der Waals surface area contributed by atoms with E-state index in [2.05, 4.69) is 45.5 Å². The van der Waals surface area contributed by atoms with Gasteiger partial charge in [-0.25, -0.2) is 4.99 Å². The number of ether oxygens (including phenoxy) is 2. The SMILES string of the molecule is NC(=NCC1COc2ccccc2O1)NC1CCN(Cc2ccccc2)CC1. The van der Waals surface area contributed by atoms with Gasteiger partial charge in [0.2, 0.25) is 0 Å². The molecule has 2 aromatic rings. The van der Waals surface area contributed by atoms with Crippen LogP contribution in [0.1, 0.15) is 18.4 Å². The van der Waals surface area contributed by atoms with Crippen LogP contribution in [-0.2, 0) is 6.54 Å². The van der Waals surface area contributed by atoms with Crippen LogP contribution in [0.15, 0.2) is 59.6 Å². The van der Waals surface area contributed by atoms with Crippen LogP contribution >= 0.6 is 0 Å². The highest BCUT2D eigenvalue weighted by Gasteiger charge is 2.22. The van der Waals surface area contributed by atoms with Crippen LogP contribution in [0.2, 0.25) is 0 Å². The molecule has 1 unspecified atom stereocenters. The first-order valence-electron chi connectivity index (χ1n) is 9.97. The third-order valence-electron chi connectivity index (χ3n) is 5.22. The molecule has 2 aliphatic heterocycles. The van der Waals surface area contributed by atoms with Crippen molar-refractivity contribution in [2.75, 3.05) is 26.2 Å². The van der Waals surface area contributed by atoms with Gasteiger partial charge in [0.1, 0.15) is 6.61 Å². The summed E-state index contributed by atoms with van der Waals surface area (Å²) in [4.78, 5) is 6.96. The maximum Gasteiger partial charge on any atom is 0.188 e. The number of hydrogen-bond acceptors (Lipinski definition) is 4. The number of nitrogens with one attached hydrogen (secondary N) is 1. The summed E-state index contributed by atoms with van der Waals surface area (Å²) < 4.78 is 11.6. The van der Waals surface area contributed by atoms with E-state index in [0.29, 0.717) is 25.2 Å². The lowest BCUT2D eigenvalue weighted by Gasteiger charge is -2.32. The highest BCUT2D eigenvalue weighted by Crippen LogP contribution is 2.30. The molecule has 0 radical (unpaired) electrons. The van der Waals surface area contributed by atoms with E-state index >= 15 is 0 Å². The van der Waals surface area contributed by atoms with Gasteiger partial charge < -0.3 is 20.5 Å². The second-order valence-corrected chi connectivity index (χ2v) is 7.40. The molecule has 0 amide bonds. The van der Waals surface area contributed by atoms with Crippen molar-refractivity contribution in [3.8, 4) is 11.5 Å². The molecule has 2 aliphatic rings. The Labute approximate surface area is 166 Å². The minimum Gasteiger partial charge on any atom is -0.486 e. The van der Waals surface area contributed by atoms with Crippen LogP contribution in [0.4, 0.5) is 0 Å². The average molecular weight is 380 g/mol. The molecule has 6 heteroatoms. The minimum absolute atomic E-state index is 0.108. The Morgan fingerprint density at radius 3 is 2.54 bits per heavy atom. The van der Waals surface area contributed by atoms with Crippen LogP contribution in [0.3, 0.4) is 0 Å². The first kappa shape index (κ1) is 18.6. The van der Waals surface area contributed by atoms with Crippen molar-refractivity contribution in [1.29, 1.82) is 0 Å². The molecule has 3 N–H and O–H groups in total. The molecule has 0 aromatic heterocycles. The van der Waals surface area contributed by atoms with E-state index in [1.54, 1.807) is 0 Å². The smallest absolute Gasteiger partial charge is 0.188 e. The number of para-hydroxylation sites is 2. The van der Waals surface area contributed by atoms with E-state index in [-0.39, 0.29) is 6.10 Å². The van der Waals surface area contributed by atoms with Crippen LogP contribution in [-0.4, -0.2) is 49.2 Å². The fourth-order valence-corrected chi connectivity index (χ4v) is 3.69.